The molecule has 1 fully saturated rings. The minimum atomic E-state index is -0.904. The van der Waals surface area contributed by atoms with Crippen molar-refractivity contribution in [3.63, 3.8) is 0 Å². The average molecular weight is 565 g/mol. The number of H-pyrrole nitrogens is 1. The van der Waals surface area contributed by atoms with E-state index in [9.17, 15) is 13.6 Å². The number of aromatic amines is 1. The second kappa shape index (κ2) is 12.5. The molecule has 1 amide bonds. The number of aliphatic hydroxyl groups excluding tert-OH is 1. The van der Waals surface area contributed by atoms with Gasteiger partial charge in [-0.25, -0.2) is 23.7 Å². The van der Waals surface area contributed by atoms with Gasteiger partial charge in [0, 0.05) is 31.5 Å². The molecule has 10 nitrogen and oxygen atoms in total. The Morgan fingerprint density at radius 2 is 1.73 bits per heavy atom. The van der Waals surface area contributed by atoms with E-state index in [0.717, 1.165) is 5.56 Å². The van der Waals surface area contributed by atoms with Gasteiger partial charge < -0.3 is 30.2 Å². The van der Waals surface area contributed by atoms with Crippen LogP contribution in [0.3, 0.4) is 0 Å². The fraction of sp³-hybridized carbons (Fsp3) is 0.310. The molecule has 2 aromatic heterocycles. The number of anilines is 1. The predicted octanol–water partition coefficient (Wildman–Crippen LogP) is 3.97. The van der Waals surface area contributed by atoms with Crippen molar-refractivity contribution >= 4 is 11.9 Å². The van der Waals surface area contributed by atoms with E-state index >= 15 is 0 Å². The quantitative estimate of drug-likeness (QED) is 0.213. The number of halogens is 2. The van der Waals surface area contributed by atoms with Crippen LogP contribution in [0.1, 0.15) is 31.0 Å². The van der Waals surface area contributed by atoms with E-state index in [-0.39, 0.29) is 37.4 Å². The number of aliphatic hydroxyl groups is 1. The smallest absolute Gasteiger partial charge is 0.230 e. The summed E-state index contributed by atoms with van der Waals surface area (Å²) in [5.41, 5.74) is 2.16. The second-order valence-corrected chi connectivity index (χ2v) is 9.95. The summed E-state index contributed by atoms with van der Waals surface area (Å²) in [7, 11) is 0. The molecular formula is C29H30F2N6O4. The summed E-state index contributed by atoms with van der Waals surface area (Å²) >= 11 is 0. The third kappa shape index (κ3) is 6.73. The summed E-state index contributed by atoms with van der Waals surface area (Å²) in [4.78, 5) is 29.5. The molecule has 3 heterocycles. The van der Waals surface area contributed by atoms with Crippen molar-refractivity contribution in [2.24, 2.45) is 5.41 Å². The van der Waals surface area contributed by atoms with Crippen LogP contribution < -0.4 is 10.6 Å². The molecule has 214 valence electrons. The minimum absolute atomic E-state index is 0.0125. The van der Waals surface area contributed by atoms with Gasteiger partial charge in [-0.2, -0.15) is 0 Å². The zero-order valence-corrected chi connectivity index (χ0v) is 22.4. The number of amides is 1. The standard InChI is InChI=1S/C29H30F2N6O4/c1-29(27(39)32-12-2-14-38)16-40-26(41-17-29)25-36-23(19-5-9-21(31)10-6-19)24(37-25)22-11-13-33-28(35-22)34-15-18-3-7-20(30)8-4-18/h3-11,13,26,38H,2,12,14-17H2,1H3,(H,32,39)(H,36,37)(H,33,34,35). The zero-order valence-electron chi connectivity index (χ0n) is 22.4. The maximum absolute atomic E-state index is 13.7. The molecule has 0 spiro atoms. The van der Waals surface area contributed by atoms with Crippen molar-refractivity contribution in [2.75, 3.05) is 31.7 Å². The van der Waals surface area contributed by atoms with Crippen LogP contribution in [0.4, 0.5) is 14.7 Å². The molecule has 2 aromatic carbocycles. The number of aromatic nitrogens is 4. The van der Waals surface area contributed by atoms with Crippen LogP contribution in [-0.2, 0) is 20.8 Å². The van der Waals surface area contributed by atoms with Crippen LogP contribution in [0, 0.1) is 17.0 Å². The molecule has 1 saturated heterocycles. The lowest BCUT2D eigenvalue weighted by molar-refractivity contribution is -0.231. The Hall–Kier alpha value is -4.26. The number of hydrogen-bond donors (Lipinski definition) is 4. The summed E-state index contributed by atoms with van der Waals surface area (Å²) in [5.74, 6) is -0.205. The third-order valence-electron chi connectivity index (χ3n) is 6.61. The number of carbonyl (C=O) groups excluding carboxylic acids is 1. The third-order valence-corrected chi connectivity index (χ3v) is 6.61. The molecule has 1 aliphatic heterocycles. The van der Waals surface area contributed by atoms with Gasteiger partial charge in [-0.3, -0.25) is 4.79 Å². The molecule has 41 heavy (non-hydrogen) atoms. The van der Waals surface area contributed by atoms with Crippen LogP contribution >= 0.6 is 0 Å². The maximum atomic E-state index is 13.7. The Kier molecular flexibility index (Phi) is 8.62. The highest BCUT2D eigenvalue weighted by Crippen LogP contribution is 2.35. The van der Waals surface area contributed by atoms with Crippen LogP contribution in [0.15, 0.2) is 60.8 Å². The fourth-order valence-electron chi connectivity index (χ4n) is 4.26. The Labute approximate surface area is 235 Å². The number of nitrogens with zero attached hydrogens (tertiary/aromatic N) is 3. The lowest BCUT2D eigenvalue weighted by Gasteiger charge is -2.35. The second-order valence-electron chi connectivity index (χ2n) is 9.95. The number of nitrogens with one attached hydrogen (secondary N) is 3. The Balaban J connectivity index is 1.38. The van der Waals surface area contributed by atoms with E-state index in [4.69, 9.17) is 19.6 Å². The van der Waals surface area contributed by atoms with Crippen molar-refractivity contribution in [2.45, 2.75) is 26.2 Å². The van der Waals surface area contributed by atoms with Gasteiger partial charge in [-0.15, -0.1) is 0 Å². The number of carbonyl (C=O) groups is 1. The largest absolute Gasteiger partial charge is 0.396 e. The number of benzene rings is 2. The first-order chi connectivity index (χ1) is 19.8. The van der Waals surface area contributed by atoms with Crippen LogP contribution in [0.25, 0.3) is 22.6 Å². The van der Waals surface area contributed by atoms with Gasteiger partial charge in [-0.1, -0.05) is 12.1 Å². The number of rotatable bonds is 10. The number of imidazole rings is 1. The van der Waals surface area contributed by atoms with Crippen molar-refractivity contribution < 1.29 is 28.2 Å². The number of ether oxygens (including phenoxy) is 2. The summed E-state index contributed by atoms with van der Waals surface area (Å²) in [6, 6.07) is 13.8. The molecule has 0 radical (unpaired) electrons. The van der Waals surface area contributed by atoms with E-state index in [1.54, 1.807) is 43.5 Å². The van der Waals surface area contributed by atoms with Gasteiger partial charge in [0.25, 0.3) is 0 Å². The maximum Gasteiger partial charge on any atom is 0.230 e. The summed E-state index contributed by atoms with van der Waals surface area (Å²) in [6.45, 7) is 2.66. The highest BCUT2D eigenvalue weighted by atomic mass is 19.1. The summed E-state index contributed by atoms with van der Waals surface area (Å²) in [5, 5.41) is 14.9. The van der Waals surface area contributed by atoms with Gasteiger partial charge in [0.15, 0.2) is 5.82 Å². The van der Waals surface area contributed by atoms with Crippen molar-refractivity contribution in [3.05, 3.63) is 83.8 Å². The Morgan fingerprint density at radius 3 is 2.41 bits per heavy atom. The van der Waals surface area contributed by atoms with Gasteiger partial charge in [0.1, 0.15) is 11.6 Å². The molecule has 5 rings (SSSR count). The fourth-order valence-corrected chi connectivity index (χ4v) is 4.26. The average Bonchev–Trinajstić information content (AvgIpc) is 3.43. The zero-order chi connectivity index (χ0) is 28.8. The molecular weight excluding hydrogens is 534 g/mol. The molecule has 0 saturated carbocycles. The Bertz CT molecular complexity index is 1470. The molecule has 0 atom stereocenters. The molecule has 0 bridgehead atoms. The summed E-state index contributed by atoms with van der Waals surface area (Å²) < 4.78 is 38.8. The molecule has 4 N–H and O–H groups in total. The first kappa shape index (κ1) is 28.3. The molecule has 0 unspecified atom stereocenters. The van der Waals surface area contributed by atoms with Gasteiger partial charge >= 0.3 is 0 Å². The summed E-state index contributed by atoms with van der Waals surface area (Å²) in [6.07, 6.45) is 1.18. The van der Waals surface area contributed by atoms with Gasteiger partial charge in [-0.05, 0) is 61.4 Å². The monoisotopic (exact) mass is 564 g/mol. The van der Waals surface area contributed by atoms with Gasteiger partial charge in [0.2, 0.25) is 18.1 Å². The molecule has 12 heteroatoms. The van der Waals surface area contributed by atoms with Crippen LogP contribution in [-0.4, -0.2) is 57.3 Å². The van der Waals surface area contributed by atoms with E-state index in [1.807, 2.05) is 0 Å². The SMILES string of the molecule is CC1(C(=O)NCCCO)COC(c2nc(-c3ccc(F)cc3)c(-c3ccnc(NCc4ccc(F)cc4)n3)[nH]2)OC1. The number of hydrogen-bond acceptors (Lipinski definition) is 8. The first-order valence-electron chi connectivity index (χ1n) is 13.1. The highest BCUT2D eigenvalue weighted by molar-refractivity contribution is 5.82. The molecule has 1 aliphatic rings. The highest BCUT2D eigenvalue weighted by Gasteiger charge is 2.40. The van der Waals surface area contributed by atoms with E-state index in [0.29, 0.717) is 53.9 Å². The van der Waals surface area contributed by atoms with Crippen molar-refractivity contribution in [3.8, 4) is 22.6 Å². The van der Waals surface area contributed by atoms with E-state index in [1.165, 1.54) is 24.3 Å². The normalized spacial score (nSPS) is 18.7. The predicted molar refractivity (Wildman–Crippen MR) is 146 cm³/mol. The molecule has 0 aliphatic carbocycles. The minimum Gasteiger partial charge on any atom is -0.396 e. The van der Waals surface area contributed by atoms with Crippen LogP contribution in [0.2, 0.25) is 0 Å². The Morgan fingerprint density at radius 1 is 1.05 bits per heavy atom. The van der Waals surface area contributed by atoms with Crippen molar-refractivity contribution in [1.82, 2.24) is 25.3 Å². The first-order valence-corrected chi connectivity index (χ1v) is 13.1. The topological polar surface area (TPSA) is 134 Å². The van der Waals surface area contributed by atoms with Crippen molar-refractivity contribution in [1.29, 1.82) is 0 Å². The van der Waals surface area contributed by atoms with Gasteiger partial charge in [0.05, 0.1) is 35.7 Å². The lowest BCUT2D eigenvalue weighted by Crippen LogP contribution is -2.48. The lowest BCUT2D eigenvalue weighted by atomic mass is 9.91. The molecule has 4 aromatic rings. The van der Waals surface area contributed by atoms with Crippen LogP contribution in [0.5, 0.6) is 0 Å². The van der Waals surface area contributed by atoms with E-state index in [2.05, 4.69) is 25.6 Å². The van der Waals surface area contributed by atoms with E-state index < -0.39 is 11.7 Å².